The fourth-order valence-corrected chi connectivity index (χ4v) is 3.71. The van der Waals surface area contributed by atoms with E-state index in [1.165, 1.54) is 0 Å². The average molecular weight is 344 g/mol. The highest BCUT2D eigenvalue weighted by Gasteiger charge is 2.26. The summed E-state index contributed by atoms with van der Waals surface area (Å²) in [6, 6.07) is 0.632. The lowest BCUT2D eigenvalue weighted by molar-refractivity contribution is 0.457. The van der Waals surface area contributed by atoms with Crippen LogP contribution in [0.3, 0.4) is 0 Å². The fourth-order valence-electron chi connectivity index (χ4n) is 2.01. The van der Waals surface area contributed by atoms with Gasteiger partial charge in [0.2, 0.25) is 10.0 Å². The van der Waals surface area contributed by atoms with Gasteiger partial charge in [0.25, 0.3) is 0 Å². The van der Waals surface area contributed by atoms with Crippen LogP contribution in [0.4, 0.5) is 13.2 Å². The van der Waals surface area contributed by atoms with E-state index < -0.39 is 37.7 Å². The second-order valence-corrected chi connectivity index (χ2v) is 6.91. The van der Waals surface area contributed by atoms with E-state index in [2.05, 4.69) is 4.72 Å². The molecule has 0 aliphatic heterocycles. The van der Waals surface area contributed by atoms with Crippen molar-refractivity contribution in [3.05, 3.63) is 29.6 Å². The summed E-state index contributed by atoms with van der Waals surface area (Å²) in [7, 11) is -4.43. The monoisotopic (exact) mass is 343 g/mol. The molecule has 21 heavy (non-hydrogen) atoms. The first kappa shape index (κ1) is 18.3. The maximum atomic E-state index is 13.5. The first-order valence-electron chi connectivity index (χ1n) is 6.51. The zero-order chi connectivity index (χ0) is 16.2. The summed E-state index contributed by atoms with van der Waals surface area (Å²) in [6.07, 6.45) is 1.51. The van der Waals surface area contributed by atoms with E-state index in [0.29, 0.717) is 12.1 Å². The molecular weight excluding hydrogens is 327 g/mol. The summed E-state index contributed by atoms with van der Waals surface area (Å²) in [6.45, 7) is 3.67. The van der Waals surface area contributed by atoms with Gasteiger partial charge in [-0.15, -0.1) is 11.6 Å². The van der Waals surface area contributed by atoms with Gasteiger partial charge in [-0.1, -0.05) is 26.7 Å². The molecule has 0 fully saturated rings. The minimum Gasteiger partial charge on any atom is -0.209 e. The largest absolute Gasteiger partial charge is 0.246 e. The molecule has 1 aromatic carbocycles. The number of benzene rings is 1. The van der Waals surface area contributed by atoms with Crippen molar-refractivity contribution in [2.45, 2.75) is 37.0 Å². The van der Waals surface area contributed by atoms with Gasteiger partial charge in [-0.3, -0.25) is 0 Å². The van der Waals surface area contributed by atoms with Crippen LogP contribution in [-0.2, 0) is 10.0 Å². The minimum absolute atomic E-state index is 0.0808. The number of alkyl halides is 1. The van der Waals surface area contributed by atoms with Crippen LogP contribution < -0.4 is 4.72 Å². The third kappa shape index (κ3) is 4.59. The molecule has 120 valence electrons. The summed E-state index contributed by atoms with van der Waals surface area (Å²) in [5, 5.41) is -0.499. The van der Waals surface area contributed by atoms with Gasteiger partial charge in [0.15, 0.2) is 4.90 Å². The number of hydrogen-bond acceptors (Lipinski definition) is 2. The Morgan fingerprint density at radius 1 is 1.14 bits per heavy atom. The molecule has 0 aromatic heterocycles. The summed E-state index contributed by atoms with van der Waals surface area (Å²) < 4.78 is 65.7. The van der Waals surface area contributed by atoms with Gasteiger partial charge in [0, 0.05) is 24.1 Å². The standard InChI is InChI=1S/C13H17ClF3NO2S/c1-3-8(4-2)10(14)7-18-21(19,20)13-11(16)5-9(15)6-12(13)17/h5-6,8,10,18H,3-4,7H2,1-2H3. The molecule has 0 bridgehead atoms. The van der Waals surface area contributed by atoms with Gasteiger partial charge in [-0.05, 0) is 5.92 Å². The summed E-state index contributed by atoms with van der Waals surface area (Å²) in [5.41, 5.74) is 0. The normalized spacial score (nSPS) is 13.7. The van der Waals surface area contributed by atoms with E-state index in [1.54, 1.807) is 0 Å². The molecule has 3 nitrogen and oxygen atoms in total. The van der Waals surface area contributed by atoms with Crippen LogP contribution in [0.1, 0.15) is 26.7 Å². The molecule has 0 radical (unpaired) electrons. The molecule has 0 saturated heterocycles. The maximum Gasteiger partial charge on any atom is 0.246 e. The Labute approximate surface area is 127 Å². The lowest BCUT2D eigenvalue weighted by atomic mass is 9.99. The molecule has 1 aromatic rings. The van der Waals surface area contributed by atoms with Gasteiger partial charge in [0.05, 0.1) is 0 Å². The van der Waals surface area contributed by atoms with Crippen LogP contribution in [0.5, 0.6) is 0 Å². The van der Waals surface area contributed by atoms with Gasteiger partial charge in [-0.25, -0.2) is 26.3 Å². The topological polar surface area (TPSA) is 46.2 Å². The van der Waals surface area contributed by atoms with Crippen LogP contribution in [0.2, 0.25) is 0 Å². The highest BCUT2D eigenvalue weighted by molar-refractivity contribution is 7.89. The molecule has 1 atom stereocenters. The Kier molecular flexibility index (Phi) is 6.49. The Hall–Kier alpha value is -0.790. The number of rotatable bonds is 7. The Morgan fingerprint density at radius 2 is 1.62 bits per heavy atom. The van der Waals surface area contributed by atoms with Crippen LogP contribution in [0.25, 0.3) is 0 Å². The molecule has 0 amide bonds. The second-order valence-electron chi connectivity index (χ2n) is 4.64. The van der Waals surface area contributed by atoms with Crippen LogP contribution in [0.15, 0.2) is 17.0 Å². The van der Waals surface area contributed by atoms with E-state index >= 15 is 0 Å². The Balaban J connectivity index is 2.93. The molecule has 0 saturated carbocycles. The fraction of sp³-hybridized carbons (Fsp3) is 0.538. The van der Waals surface area contributed by atoms with Crippen molar-refractivity contribution in [3.8, 4) is 0 Å². The predicted molar refractivity (Wildman–Crippen MR) is 75.2 cm³/mol. The zero-order valence-corrected chi connectivity index (χ0v) is 13.2. The quantitative estimate of drug-likeness (QED) is 0.771. The third-order valence-corrected chi connectivity index (χ3v) is 5.25. The average Bonchev–Trinajstić information content (AvgIpc) is 2.36. The van der Waals surface area contributed by atoms with Gasteiger partial charge in [0.1, 0.15) is 17.5 Å². The van der Waals surface area contributed by atoms with Crippen molar-refractivity contribution in [1.82, 2.24) is 4.72 Å². The molecule has 0 heterocycles. The molecule has 1 N–H and O–H groups in total. The van der Waals surface area contributed by atoms with Crippen molar-refractivity contribution >= 4 is 21.6 Å². The Morgan fingerprint density at radius 3 is 2.05 bits per heavy atom. The first-order valence-corrected chi connectivity index (χ1v) is 8.43. The van der Waals surface area contributed by atoms with Crippen LogP contribution in [0, 0.1) is 23.4 Å². The van der Waals surface area contributed by atoms with Gasteiger partial charge in [-0.2, -0.15) is 0 Å². The number of nitrogens with one attached hydrogen (secondary N) is 1. The van der Waals surface area contributed by atoms with E-state index in [1.807, 2.05) is 13.8 Å². The second kappa shape index (κ2) is 7.47. The van der Waals surface area contributed by atoms with Crippen LogP contribution in [-0.4, -0.2) is 20.3 Å². The third-order valence-electron chi connectivity index (χ3n) is 3.26. The molecular formula is C13H17ClF3NO2S. The van der Waals surface area contributed by atoms with Crippen molar-refractivity contribution in [3.63, 3.8) is 0 Å². The van der Waals surface area contributed by atoms with Crippen molar-refractivity contribution < 1.29 is 21.6 Å². The lowest BCUT2D eigenvalue weighted by Crippen LogP contribution is -2.34. The Bertz CT molecular complexity index is 568. The minimum atomic E-state index is -4.43. The summed E-state index contributed by atoms with van der Waals surface area (Å²) in [5.74, 6) is -4.06. The summed E-state index contributed by atoms with van der Waals surface area (Å²) in [4.78, 5) is -1.20. The van der Waals surface area contributed by atoms with Crippen molar-refractivity contribution in [2.75, 3.05) is 6.54 Å². The number of sulfonamides is 1. The smallest absolute Gasteiger partial charge is 0.209 e. The van der Waals surface area contributed by atoms with Crippen molar-refractivity contribution in [1.29, 1.82) is 0 Å². The molecule has 0 aliphatic rings. The first-order chi connectivity index (χ1) is 9.72. The van der Waals surface area contributed by atoms with Gasteiger partial charge < -0.3 is 0 Å². The number of hydrogen-bond donors (Lipinski definition) is 1. The predicted octanol–water partition coefficient (Wildman–Crippen LogP) is 3.43. The maximum absolute atomic E-state index is 13.5. The highest BCUT2D eigenvalue weighted by atomic mass is 35.5. The van der Waals surface area contributed by atoms with E-state index in [9.17, 15) is 21.6 Å². The van der Waals surface area contributed by atoms with Crippen molar-refractivity contribution in [2.24, 2.45) is 5.92 Å². The molecule has 1 unspecified atom stereocenters. The molecule has 8 heteroatoms. The summed E-state index contributed by atoms with van der Waals surface area (Å²) >= 11 is 6.07. The molecule has 0 aliphatic carbocycles. The molecule has 0 spiro atoms. The molecule has 1 rings (SSSR count). The van der Waals surface area contributed by atoms with Gasteiger partial charge >= 0.3 is 0 Å². The van der Waals surface area contributed by atoms with Crippen LogP contribution >= 0.6 is 11.6 Å². The highest BCUT2D eigenvalue weighted by Crippen LogP contribution is 2.22. The number of halogens is 4. The SMILES string of the molecule is CCC(CC)C(Cl)CNS(=O)(=O)c1c(F)cc(F)cc1F. The zero-order valence-electron chi connectivity index (χ0n) is 11.7. The van der Waals surface area contributed by atoms with E-state index in [-0.39, 0.29) is 12.5 Å². The van der Waals surface area contributed by atoms with E-state index in [0.717, 1.165) is 12.8 Å². The van der Waals surface area contributed by atoms with E-state index in [4.69, 9.17) is 11.6 Å². The lowest BCUT2D eigenvalue weighted by Gasteiger charge is -2.19.